The zero-order valence-electron chi connectivity index (χ0n) is 9.86. The Bertz CT molecular complexity index is 408. The van der Waals surface area contributed by atoms with Crippen LogP contribution in [0.1, 0.15) is 43.9 Å². The number of hydrogen-bond donors (Lipinski definition) is 0. The molecule has 0 amide bonds. The molecule has 1 atom stereocenters. The van der Waals surface area contributed by atoms with Crippen molar-refractivity contribution in [3.05, 3.63) is 29.6 Å². The van der Waals surface area contributed by atoms with Crippen molar-refractivity contribution in [2.24, 2.45) is 0 Å². The third-order valence-corrected chi connectivity index (χ3v) is 2.74. The standard InChI is InChI=1S/C14H17NO/c1-11(2)12-7-8-15-13(10-12)5-6-14-4-3-9-16-14/h7-8,10-11,14H,3-4,9H2,1-2H3/t14-/m1/s1. The van der Waals surface area contributed by atoms with Crippen LogP contribution in [0.5, 0.6) is 0 Å². The van der Waals surface area contributed by atoms with Gasteiger partial charge in [0.05, 0.1) is 0 Å². The molecule has 16 heavy (non-hydrogen) atoms. The van der Waals surface area contributed by atoms with E-state index in [0.717, 1.165) is 25.1 Å². The molecule has 1 fully saturated rings. The fourth-order valence-corrected chi connectivity index (χ4v) is 1.72. The molecule has 2 nitrogen and oxygen atoms in total. The molecular formula is C14H17NO. The highest BCUT2D eigenvalue weighted by atomic mass is 16.5. The van der Waals surface area contributed by atoms with E-state index in [0.29, 0.717) is 5.92 Å². The van der Waals surface area contributed by atoms with Crippen LogP contribution >= 0.6 is 0 Å². The molecule has 1 aliphatic rings. The lowest BCUT2D eigenvalue weighted by Crippen LogP contribution is -2.00. The molecule has 2 heteroatoms. The zero-order chi connectivity index (χ0) is 11.4. The molecule has 1 aromatic heterocycles. The first-order chi connectivity index (χ1) is 7.75. The highest BCUT2D eigenvalue weighted by molar-refractivity contribution is 5.32. The number of ether oxygens (including phenoxy) is 1. The van der Waals surface area contributed by atoms with Crippen molar-refractivity contribution in [3.8, 4) is 11.8 Å². The van der Waals surface area contributed by atoms with Gasteiger partial charge < -0.3 is 4.74 Å². The molecule has 84 valence electrons. The van der Waals surface area contributed by atoms with Gasteiger partial charge in [0.15, 0.2) is 0 Å². The van der Waals surface area contributed by atoms with Crippen LogP contribution in [0, 0.1) is 11.8 Å². The van der Waals surface area contributed by atoms with Crippen LogP contribution in [0.4, 0.5) is 0 Å². The SMILES string of the molecule is CC(C)c1ccnc(C#C[C@H]2CCCO2)c1. The van der Waals surface area contributed by atoms with Crippen molar-refractivity contribution in [2.45, 2.75) is 38.7 Å². The van der Waals surface area contributed by atoms with Gasteiger partial charge in [-0.2, -0.15) is 0 Å². The molecule has 0 aliphatic carbocycles. The lowest BCUT2D eigenvalue weighted by Gasteiger charge is -2.04. The second kappa shape index (κ2) is 5.14. The van der Waals surface area contributed by atoms with Crippen molar-refractivity contribution in [1.82, 2.24) is 4.98 Å². The van der Waals surface area contributed by atoms with Crippen molar-refractivity contribution in [1.29, 1.82) is 0 Å². The fraction of sp³-hybridized carbons (Fsp3) is 0.500. The minimum atomic E-state index is 0.115. The number of pyridine rings is 1. The van der Waals surface area contributed by atoms with Gasteiger partial charge >= 0.3 is 0 Å². The maximum absolute atomic E-state index is 5.45. The quantitative estimate of drug-likeness (QED) is 0.672. The smallest absolute Gasteiger partial charge is 0.118 e. The van der Waals surface area contributed by atoms with Crippen LogP contribution in [0.2, 0.25) is 0 Å². The third kappa shape index (κ3) is 2.84. The van der Waals surface area contributed by atoms with Gasteiger partial charge in [-0.1, -0.05) is 19.8 Å². The number of rotatable bonds is 1. The molecule has 0 unspecified atom stereocenters. The summed E-state index contributed by atoms with van der Waals surface area (Å²) in [6, 6.07) is 4.11. The first-order valence-corrected chi connectivity index (χ1v) is 5.85. The van der Waals surface area contributed by atoms with Gasteiger partial charge in [-0.05, 0) is 42.4 Å². The Morgan fingerprint density at radius 2 is 2.38 bits per heavy atom. The lowest BCUT2D eigenvalue weighted by molar-refractivity contribution is 0.152. The van der Waals surface area contributed by atoms with Gasteiger partial charge in [-0.25, -0.2) is 4.98 Å². The third-order valence-electron chi connectivity index (χ3n) is 2.74. The maximum atomic E-state index is 5.45. The molecule has 2 heterocycles. The molecule has 0 saturated carbocycles. The van der Waals surface area contributed by atoms with E-state index in [1.54, 1.807) is 0 Å². The molecule has 1 saturated heterocycles. The first-order valence-electron chi connectivity index (χ1n) is 5.85. The Balaban J connectivity index is 2.11. The van der Waals surface area contributed by atoms with Crippen LogP contribution in [-0.4, -0.2) is 17.7 Å². The van der Waals surface area contributed by atoms with Crippen LogP contribution < -0.4 is 0 Å². The van der Waals surface area contributed by atoms with Crippen molar-refractivity contribution < 1.29 is 4.74 Å². The Labute approximate surface area is 97.0 Å². The van der Waals surface area contributed by atoms with Crippen molar-refractivity contribution in [3.63, 3.8) is 0 Å². The number of hydrogen-bond acceptors (Lipinski definition) is 2. The highest BCUT2D eigenvalue weighted by Gasteiger charge is 2.11. The van der Waals surface area contributed by atoms with Crippen LogP contribution in [-0.2, 0) is 4.74 Å². The lowest BCUT2D eigenvalue weighted by atomic mass is 10.0. The van der Waals surface area contributed by atoms with Gasteiger partial charge in [0.2, 0.25) is 0 Å². The topological polar surface area (TPSA) is 22.1 Å². The molecular weight excluding hydrogens is 198 g/mol. The minimum Gasteiger partial charge on any atom is -0.366 e. The maximum Gasteiger partial charge on any atom is 0.118 e. The van der Waals surface area contributed by atoms with E-state index in [1.165, 1.54) is 5.56 Å². The number of nitrogens with zero attached hydrogens (tertiary/aromatic N) is 1. The fourth-order valence-electron chi connectivity index (χ4n) is 1.72. The van der Waals surface area contributed by atoms with Gasteiger partial charge in [0.1, 0.15) is 11.8 Å². The minimum absolute atomic E-state index is 0.115. The monoisotopic (exact) mass is 215 g/mol. The normalized spacial score (nSPS) is 19.6. The largest absolute Gasteiger partial charge is 0.366 e. The Morgan fingerprint density at radius 3 is 3.06 bits per heavy atom. The highest BCUT2D eigenvalue weighted by Crippen LogP contribution is 2.14. The van der Waals surface area contributed by atoms with E-state index in [-0.39, 0.29) is 6.10 Å². The molecule has 0 bridgehead atoms. The first kappa shape index (κ1) is 11.2. The molecule has 0 radical (unpaired) electrons. The van der Waals surface area contributed by atoms with Crippen LogP contribution in [0.15, 0.2) is 18.3 Å². The van der Waals surface area contributed by atoms with E-state index < -0.39 is 0 Å². The molecule has 2 rings (SSSR count). The molecule has 0 aromatic carbocycles. The molecule has 0 N–H and O–H groups in total. The van der Waals surface area contributed by atoms with E-state index >= 15 is 0 Å². The van der Waals surface area contributed by atoms with E-state index in [1.807, 2.05) is 12.3 Å². The van der Waals surface area contributed by atoms with E-state index in [2.05, 4.69) is 36.7 Å². The summed E-state index contributed by atoms with van der Waals surface area (Å²) in [7, 11) is 0. The Kier molecular flexibility index (Phi) is 3.58. The average molecular weight is 215 g/mol. The summed E-state index contributed by atoms with van der Waals surface area (Å²) in [6.45, 7) is 5.19. The molecule has 0 spiro atoms. The predicted molar refractivity (Wildman–Crippen MR) is 64.2 cm³/mol. The summed E-state index contributed by atoms with van der Waals surface area (Å²) in [4.78, 5) is 4.25. The van der Waals surface area contributed by atoms with Crippen LogP contribution in [0.25, 0.3) is 0 Å². The van der Waals surface area contributed by atoms with Gasteiger partial charge in [0, 0.05) is 12.8 Å². The Morgan fingerprint density at radius 1 is 1.50 bits per heavy atom. The summed E-state index contributed by atoms with van der Waals surface area (Å²) in [5.74, 6) is 6.74. The zero-order valence-corrected chi connectivity index (χ0v) is 9.86. The summed E-state index contributed by atoms with van der Waals surface area (Å²) in [6.07, 6.45) is 4.12. The van der Waals surface area contributed by atoms with E-state index in [9.17, 15) is 0 Å². The number of aromatic nitrogens is 1. The molecule has 1 aromatic rings. The average Bonchev–Trinajstić information content (AvgIpc) is 2.79. The van der Waals surface area contributed by atoms with E-state index in [4.69, 9.17) is 4.74 Å². The summed E-state index contributed by atoms with van der Waals surface area (Å²) >= 11 is 0. The summed E-state index contributed by atoms with van der Waals surface area (Å²) in [5, 5.41) is 0. The second-order valence-corrected chi connectivity index (χ2v) is 4.40. The predicted octanol–water partition coefficient (Wildman–Crippen LogP) is 2.74. The summed E-state index contributed by atoms with van der Waals surface area (Å²) < 4.78 is 5.45. The molecule has 1 aliphatic heterocycles. The van der Waals surface area contributed by atoms with Crippen molar-refractivity contribution >= 4 is 0 Å². The summed E-state index contributed by atoms with van der Waals surface area (Å²) in [5.41, 5.74) is 2.13. The second-order valence-electron chi connectivity index (χ2n) is 4.40. The van der Waals surface area contributed by atoms with Gasteiger partial charge in [-0.15, -0.1) is 0 Å². The van der Waals surface area contributed by atoms with Crippen molar-refractivity contribution in [2.75, 3.05) is 6.61 Å². The Hall–Kier alpha value is -1.33. The van der Waals surface area contributed by atoms with Gasteiger partial charge in [-0.3, -0.25) is 0 Å². The van der Waals surface area contributed by atoms with Gasteiger partial charge in [0.25, 0.3) is 0 Å². The van der Waals surface area contributed by atoms with Crippen LogP contribution in [0.3, 0.4) is 0 Å².